The summed E-state index contributed by atoms with van der Waals surface area (Å²) in [6.07, 6.45) is 21.0. The number of allylic oxidation sites excluding steroid dienone is 10. The maximum atomic E-state index is 12.6. The Morgan fingerprint density at radius 2 is 1.61 bits per heavy atom. The Morgan fingerprint density at radius 3 is 2.28 bits per heavy atom. The molecule has 0 saturated heterocycles. The molecular weight excluding hydrogens is 480 g/mol. The van der Waals surface area contributed by atoms with E-state index in [2.05, 4.69) is 24.9 Å². The van der Waals surface area contributed by atoms with E-state index in [-0.39, 0.29) is 29.7 Å². The number of carboxylic acid groups (broad SMARTS) is 1. The van der Waals surface area contributed by atoms with E-state index in [0.29, 0.717) is 0 Å². The number of aliphatic hydroxyl groups is 2. The van der Waals surface area contributed by atoms with Crippen LogP contribution in [-0.4, -0.2) is 57.4 Å². The van der Waals surface area contributed by atoms with E-state index in [4.69, 9.17) is 10.8 Å². The number of carboxylic acids is 1. The molecule has 0 spiro atoms. The molecule has 0 aromatic rings. The van der Waals surface area contributed by atoms with E-state index in [1.54, 1.807) is 12.2 Å². The first-order valence-corrected chi connectivity index (χ1v) is 12.7. The number of unbranched alkanes of at least 4 members (excludes halogenated alkanes) is 3. The molecule has 0 aromatic heterocycles. The van der Waals surface area contributed by atoms with Crippen LogP contribution in [0, 0.1) is 0 Å². The Balaban J connectivity index is 5.09. The fraction of sp³-hybridized carbons (Fsp3) is 0.444. The Morgan fingerprint density at radius 1 is 0.944 bits per heavy atom. The van der Waals surface area contributed by atoms with Crippen molar-refractivity contribution in [2.45, 2.75) is 64.0 Å². The second-order valence-corrected chi connectivity index (χ2v) is 8.40. The van der Waals surface area contributed by atoms with E-state index >= 15 is 0 Å². The van der Waals surface area contributed by atoms with Crippen LogP contribution in [0.25, 0.3) is 0 Å². The van der Waals surface area contributed by atoms with Gasteiger partial charge in [-0.25, -0.2) is 4.79 Å². The van der Waals surface area contributed by atoms with Crippen LogP contribution >= 0.6 is 12.6 Å². The molecule has 0 aromatic carbocycles. The van der Waals surface area contributed by atoms with Gasteiger partial charge >= 0.3 is 5.97 Å². The number of nitrogens with one attached hydrogen (secondary N) is 1. The number of thiol groups is 1. The van der Waals surface area contributed by atoms with Gasteiger partial charge in [-0.15, -0.1) is 0 Å². The SMILES string of the molecule is CCCCCC(O)CCCC=C/C=C\C=C(\C(=O)CNC(=O)[C@@H](N)CS)C(O)=C/C=C\C=CC(=O)O. The Hall–Kier alpha value is -2.88. The molecule has 0 aliphatic heterocycles. The van der Waals surface area contributed by atoms with E-state index in [9.17, 15) is 24.6 Å². The van der Waals surface area contributed by atoms with Crippen molar-refractivity contribution >= 4 is 30.3 Å². The number of amides is 1. The van der Waals surface area contributed by atoms with Crippen molar-refractivity contribution in [3.05, 3.63) is 72.1 Å². The molecule has 2 atom stereocenters. The van der Waals surface area contributed by atoms with Gasteiger partial charge in [0.25, 0.3) is 0 Å². The maximum Gasteiger partial charge on any atom is 0.328 e. The van der Waals surface area contributed by atoms with E-state index in [1.165, 1.54) is 30.4 Å². The maximum absolute atomic E-state index is 12.6. The average molecular weight is 521 g/mol. The van der Waals surface area contributed by atoms with Crippen LogP contribution in [0.1, 0.15) is 51.9 Å². The van der Waals surface area contributed by atoms with Crippen LogP contribution in [0.5, 0.6) is 0 Å². The monoisotopic (exact) mass is 520 g/mol. The van der Waals surface area contributed by atoms with Gasteiger partial charge in [0.2, 0.25) is 5.91 Å². The lowest BCUT2D eigenvalue weighted by molar-refractivity contribution is -0.131. The standard InChI is InChI=1S/C27H40N2O6S/c1-2-3-9-14-21(30)15-10-6-4-5-7-11-16-22(24(31)17-12-8-13-18-26(33)34)25(32)19-29-27(35)23(28)20-36/h4-5,7-8,11-13,16-18,21,23,30-31,36H,2-3,6,9-10,14-15,19-20,28H2,1H3,(H,29,35)(H,33,34)/b5-4?,11-7-,12-8-,18-13?,22-16+,24-17?/t21?,23-/m0/s1. The first-order chi connectivity index (χ1) is 17.2. The summed E-state index contributed by atoms with van der Waals surface area (Å²) in [5, 5.41) is 31.3. The molecule has 0 heterocycles. The summed E-state index contributed by atoms with van der Waals surface area (Å²) in [5.41, 5.74) is 5.54. The number of rotatable bonds is 19. The highest BCUT2D eigenvalue weighted by molar-refractivity contribution is 7.80. The molecule has 0 fully saturated rings. The number of aliphatic hydroxyl groups excluding tert-OH is 2. The smallest absolute Gasteiger partial charge is 0.328 e. The lowest BCUT2D eigenvalue weighted by Gasteiger charge is -2.10. The van der Waals surface area contributed by atoms with Crippen molar-refractivity contribution in [2.24, 2.45) is 5.73 Å². The second kappa shape index (κ2) is 21.4. The van der Waals surface area contributed by atoms with Crippen LogP contribution in [0.3, 0.4) is 0 Å². The van der Waals surface area contributed by atoms with Gasteiger partial charge in [-0.05, 0) is 37.8 Å². The number of nitrogens with two attached hydrogens (primary N) is 1. The number of hydrogen-bond donors (Lipinski definition) is 6. The van der Waals surface area contributed by atoms with Gasteiger partial charge in [0, 0.05) is 11.8 Å². The minimum absolute atomic E-state index is 0.0403. The predicted molar refractivity (Wildman–Crippen MR) is 147 cm³/mol. The topological polar surface area (TPSA) is 150 Å². The number of Topliss-reactive ketones (excluding diaryl/α,β-unsaturated/α-hetero) is 1. The summed E-state index contributed by atoms with van der Waals surface area (Å²) in [7, 11) is 0. The Kier molecular flexibility index (Phi) is 19.7. The van der Waals surface area contributed by atoms with Crippen molar-refractivity contribution in [3.8, 4) is 0 Å². The molecule has 0 bridgehead atoms. The minimum atomic E-state index is -1.11. The highest BCUT2D eigenvalue weighted by atomic mass is 32.1. The molecule has 0 aliphatic rings. The minimum Gasteiger partial charge on any atom is -0.507 e. The molecule has 36 heavy (non-hydrogen) atoms. The van der Waals surface area contributed by atoms with Gasteiger partial charge in [0.05, 0.1) is 24.3 Å². The predicted octanol–water partition coefficient (Wildman–Crippen LogP) is 3.72. The molecule has 0 saturated carbocycles. The Labute approximate surface area is 219 Å². The third-order valence-corrected chi connectivity index (χ3v) is 5.31. The van der Waals surface area contributed by atoms with Crippen molar-refractivity contribution in [2.75, 3.05) is 12.3 Å². The van der Waals surface area contributed by atoms with Gasteiger partial charge in [-0.2, -0.15) is 12.6 Å². The molecular formula is C27H40N2O6S. The fourth-order valence-corrected chi connectivity index (χ4v) is 3.04. The molecule has 6 N–H and O–H groups in total. The van der Waals surface area contributed by atoms with E-state index < -0.39 is 23.7 Å². The normalized spacial score (nSPS) is 14.8. The summed E-state index contributed by atoms with van der Waals surface area (Å²) in [6.45, 7) is 1.77. The summed E-state index contributed by atoms with van der Waals surface area (Å²) in [4.78, 5) is 34.9. The molecule has 1 amide bonds. The number of aliphatic carboxylic acids is 1. The molecule has 0 rings (SSSR count). The summed E-state index contributed by atoms with van der Waals surface area (Å²) < 4.78 is 0. The van der Waals surface area contributed by atoms with Gasteiger partial charge in [0.15, 0.2) is 5.78 Å². The third kappa shape index (κ3) is 17.5. The zero-order valence-corrected chi connectivity index (χ0v) is 21.8. The van der Waals surface area contributed by atoms with Gasteiger partial charge in [-0.1, -0.05) is 68.7 Å². The molecule has 9 heteroatoms. The van der Waals surface area contributed by atoms with E-state index in [0.717, 1.165) is 51.0 Å². The van der Waals surface area contributed by atoms with Gasteiger partial charge < -0.3 is 26.4 Å². The lowest BCUT2D eigenvalue weighted by atomic mass is 10.1. The molecule has 200 valence electrons. The number of hydrogen-bond acceptors (Lipinski definition) is 7. The van der Waals surface area contributed by atoms with Crippen molar-refractivity contribution in [1.82, 2.24) is 5.32 Å². The second-order valence-electron chi connectivity index (χ2n) is 8.04. The van der Waals surface area contributed by atoms with Crippen molar-refractivity contribution < 1.29 is 29.7 Å². The highest BCUT2D eigenvalue weighted by Gasteiger charge is 2.16. The molecule has 8 nitrogen and oxygen atoms in total. The first-order valence-electron chi connectivity index (χ1n) is 12.1. The zero-order valence-electron chi connectivity index (χ0n) is 20.9. The lowest BCUT2D eigenvalue weighted by Crippen LogP contribution is -2.43. The zero-order chi connectivity index (χ0) is 27.2. The number of carbonyl (C=O) groups is 3. The van der Waals surface area contributed by atoms with Crippen molar-refractivity contribution in [1.29, 1.82) is 0 Å². The van der Waals surface area contributed by atoms with Gasteiger partial charge in [-0.3, -0.25) is 9.59 Å². The fourth-order valence-electron chi connectivity index (χ4n) is 2.87. The third-order valence-electron chi connectivity index (χ3n) is 4.92. The molecule has 0 radical (unpaired) electrons. The molecule has 0 aliphatic carbocycles. The van der Waals surface area contributed by atoms with Gasteiger partial charge in [0.1, 0.15) is 5.76 Å². The highest BCUT2D eigenvalue weighted by Crippen LogP contribution is 2.11. The quantitative estimate of drug-likeness (QED) is 0.0499. The number of carbonyl (C=O) groups excluding carboxylic acids is 2. The van der Waals surface area contributed by atoms with Crippen molar-refractivity contribution in [3.63, 3.8) is 0 Å². The summed E-state index contributed by atoms with van der Waals surface area (Å²) in [5.74, 6) is -2.41. The van der Waals surface area contributed by atoms with Crippen LogP contribution in [0.15, 0.2) is 72.1 Å². The van der Waals surface area contributed by atoms with Crippen LogP contribution in [-0.2, 0) is 14.4 Å². The van der Waals surface area contributed by atoms with Crippen LogP contribution < -0.4 is 11.1 Å². The summed E-state index contributed by atoms with van der Waals surface area (Å²) in [6, 6.07) is -0.857. The molecule has 1 unspecified atom stereocenters. The Bertz CT molecular complexity index is 858. The average Bonchev–Trinajstić information content (AvgIpc) is 2.85. The van der Waals surface area contributed by atoms with Crippen LogP contribution in [0.4, 0.5) is 0 Å². The summed E-state index contributed by atoms with van der Waals surface area (Å²) >= 11 is 3.95. The first kappa shape index (κ1) is 33.1. The largest absolute Gasteiger partial charge is 0.507 e. The van der Waals surface area contributed by atoms with Crippen LogP contribution in [0.2, 0.25) is 0 Å². The number of ketones is 1. The van der Waals surface area contributed by atoms with E-state index in [1.807, 2.05) is 12.2 Å².